The lowest BCUT2D eigenvalue weighted by molar-refractivity contribution is -0.0429. The van der Waals surface area contributed by atoms with Crippen molar-refractivity contribution in [3.8, 4) is 0 Å². The van der Waals surface area contributed by atoms with E-state index in [0.717, 1.165) is 0 Å². The van der Waals surface area contributed by atoms with Gasteiger partial charge in [0.2, 0.25) is 0 Å². The molecule has 0 fully saturated rings. The van der Waals surface area contributed by atoms with Crippen molar-refractivity contribution in [3.63, 3.8) is 0 Å². The zero-order valence-electron chi connectivity index (χ0n) is 9.77. The van der Waals surface area contributed by atoms with Gasteiger partial charge in [-0.05, 0) is 46.0 Å². The predicted molar refractivity (Wildman–Crippen MR) is 65.8 cm³/mol. The SMILES string of the molecule is CCC1c2c(cc(F)c(C=O)c2Br)CCC1(F)F. The molecule has 1 aliphatic rings. The maximum atomic E-state index is 13.9. The molecule has 0 radical (unpaired) electrons. The molecule has 0 saturated heterocycles. The normalized spacial score (nSPS) is 21.5. The van der Waals surface area contributed by atoms with Gasteiger partial charge in [-0.2, -0.15) is 0 Å². The fourth-order valence-electron chi connectivity index (χ4n) is 2.58. The van der Waals surface area contributed by atoms with Gasteiger partial charge in [-0.25, -0.2) is 13.2 Å². The van der Waals surface area contributed by atoms with E-state index < -0.39 is 17.7 Å². The molecule has 98 valence electrons. The number of aryl methyl sites for hydroxylation is 1. The number of benzene rings is 1. The lowest BCUT2D eigenvalue weighted by Crippen LogP contribution is -2.32. The van der Waals surface area contributed by atoms with Gasteiger partial charge in [0.15, 0.2) is 6.29 Å². The molecule has 2 rings (SSSR count). The lowest BCUT2D eigenvalue weighted by Gasteiger charge is -2.34. The molecule has 1 aromatic rings. The molecule has 1 unspecified atom stereocenters. The quantitative estimate of drug-likeness (QED) is 0.734. The Bertz CT molecular complexity index is 499. The van der Waals surface area contributed by atoms with Gasteiger partial charge < -0.3 is 0 Å². The summed E-state index contributed by atoms with van der Waals surface area (Å²) >= 11 is 3.11. The van der Waals surface area contributed by atoms with Crippen molar-refractivity contribution in [2.24, 2.45) is 0 Å². The van der Waals surface area contributed by atoms with Crippen LogP contribution in [-0.2, 0) is 6.42 Å². The van der Waals surface area contributed by atoms with Gasteiger partial charge in [0, 0.05) is 16.8 Å². The molecule has 0 spiro atoms. The van der Waals surface area contributed by atoms with E-state index in [1.807, 2.05) is 0 Å². The maximum absolute atomic E-state index is 13.9. The number of fused-ring (bicyclic) bond motifs is 1. The summed E-state index contributed by atoms with van der Waals surface area (Å²) in [7, 11) is 0. The molecular weight excluding hydrogens is 309 g/mol. The number of rotatable bonds is 2. The average Bonchev–Trinajstić information content (AvgIpc) is 2.30. The van der Waals surface area contributed by atoms with E-state index in [-0.39, 0.29) is 29.3 Å². The standard InChI is InChI=1S/C13H12BrF3O/c1-2-9-11-7(3-4-13(9,16)17)5-10(15)8(6-18)12(11)14/h5-6,9H,2-4H2,1H3. The molecule has 1 atom stereocenters. The van der Waals surface area contributed by atoms with Crippen molar-refractivity contribution in [1.29, 1.82) is 0 Å². The third-order valence-electron chi connectivity index (χ3n) is 3.49. The van der Waals surface area contributed by atoms with Gasteiger partial charge in [-0.1, -0.05) is 6.92 Å². The molecule has 0 saturated carbocycles. The molecule has 0 bridgehead atoms. The van der Waals surface area contributed by atoms with E-state index in [1.165, 1.54) is 6.07 Å². The summed E-state index contributed by atoms with van der Waals surface area (Å²) in [6, 6.07) is 1.21. The Morgan fingerprint density at radius 2 is 2.22 bits per heavy atom. The summed E-state index contributed by atoms with van der Waals surface area (Å²) in [6.45, 7) is 1.67. The van der Waals surface area contributed by atoms with Crippen LogP contribution in [0.3, 0.4) is 0 Å². The van der Waals surface area contributed by atoms with Crippen LogP contribution >= 0.6 is 15.9 Å². The van der Waals surface area contributed by atoms with Gasteiger partial charge in [-0.15, -0.1) is 0 Å². The van der Waals surface area contributed by atoms with Crippen LogP contribution in [0.15, 0.2) is 10.5 Å². The van der Waals surface area contributed by atoms with Crippen molar-refractivity contribution >= 4 is 22.2 Å². The van der Waals surface area contributed by atoms with Crippen LogP contribution in [0.4, 0.5) is 13.2 Å². The smallest absolute Gasteiger partial charge is 0.255 e. The van der Waals surface area contributed by atoms with Crippen LogP contribution in [0.5, 0.6) is 0 Å². The Morgan fingerprint density at radius 3 is 2.78 bits per heavy atom. The average molecular weight is 321 g/mol. The Hall–Kier alpha value is -0.840. The maximum Gasteiger partial charge on any atom is 0.255 e. The second-order valence-electron chi connectivity index (χ2n) is 4.50. The molecule has 1 nitrogen and oxygen atoms in total. The summed E-state index contributed by atoms with van der Waals surface area (Å²) in [4.78, 5) is 10.8. The first kappa shape index (κ1) is 13.6. The molecule has 0 aromatic heterocycles. The van der Waals surface area contributed by atoms with Crippen LogP contribution in [-0.4, -0.2) is 12.2 Å². The Labute approximate surface area is 112 Å². The summed E-state index contributed by atoms with van der Waals surface area (Å²) in [5, 5.41) is 0. The first-order valence-electron chi connectivity index (χ1n) is 5.76. The predicted octanol–water partition coefficient (Wildman–Crippen LogP) is 4.48. The highest BCUT2D eigenvalue weighted by Crippen LogP contribution is 2.48. The van der Waals surface area contributed by atoms with Gasteiger partial charge in [0.25, 0.3) is 5.92 Å². The van der Waals surface area contributed by atoms with E-state index in [4.69, 9.17) is 0 Å². The van der Waals surface area contributed by atoms with Crippen molar-refractivity contribution in [2.45, 2.75) is 38.0 Å². The van der Waals surface area contributed by atoms with Crippen LogP contribution in [0, 0.1) is 5.82 Å². The van der Waals surface area contributed by atoms with Crippen LogP contribution in [0.1, 0.15) is 47.2 Å². The summed E-state index contributed by atoms with van der Waals surface area (Å²) in [5.74, 6) is -4.42. The zero-order valence-corrected chi connectivity index (χ0v) is 11.4. The van der Waals surface area contributed by atoms with Crippen LogP contribution in [0.25, 0.3) is 0 Å². The first-order valence-corrected chi connectivity index (χ1v) is 6.55. The highest BCUT2D eigenvalue weighted by Gasteiger charge is 2.44. The van der Waals surface area contributed by atoms with E-state index in [1.54, 1.807) is 6.92 Å². The molecule has 0 amide bonds. The first-order chi connectivity index (χ1) is 8.42. The highest BCUT2D eigenvalue weighted by atomic mass is 79.9. The molecule has 0 N–H and O–H groups in total. The number of alkyl halides is 2. The zero-order chi connectivity index (χ0) is 13.5. The van der Waals surface area contributed by atoms with Gasteiger partial charge in [0.05, 0.1) is 5.56 Å². The topological polar surface area (TPSA) is 17.1 Å². The minimum Gasteiger partial charge on any atom is -0.298 e. The van der Waals surface area contributed by atoms with Crippen LogP contribution < -0.4 is 0 Å². The highest BCUT2D eigenvalue weighted by molar-refractivity contribution is 9.10. The fourth-order valence-corrected chi connectivity index (χ4v) is 3.39. The molecule has 1 aliphatic carbocycles. The van der Waals surface area contributed by atoms with Crippen molar-refractivity contribution < 1.29 is 18.0 Å². The van der Waals surface area contributed by atoms with Crippen LogP contribution in [0.2, 0.25) is 0 Å². The molecule has 1 aromatic carbocycles. The van der Waals surface area contributed by atoms with E-state index in [9.17, 15) is 18.0 Å². The van der Waals surface area contributed by atoms with Crippen molar-refractivity contribution in [3.05, 3.63) is 33.0 Å². The largest absolute Gasteiger partial charge is 0.298 e. The minimum absolute atomic E-state index is 0.132. The molecule has 5 heteroatoms. The third kappa shape index (κ3) is 1.98. The number of carbonyl (C=O) groups excluding carboxylic acids is 1. The molecular formula is C13H12BrF3O. The van der Waals surface area contributed by atoms with Gasteiger partial charge in [-0.3, -0.25) is 4.79 Å². The summed E-state index contributed by atoms with van der Waals surface area (Å²) in [5.41, 5.74) is 0.782. The number of hydrogen-bond acceptors (Lipinski definition) is 1. The fraction of sp³-hybridized carbons (Fsp3) is 0.462. The minimum atomic E-state index is -2.80. The second-order valence-corrected chi connectivity index (χ2v) is 5.29. The summed E-state index contributed by atoms with van der Waals surface area (Å²) in [6.07, 6.45) is 0.472. The second kappa shape index (κ2) is 4.68. The Balaban J connectivity index is 2.68. The molecule has 0 heterocycles. The summed E-state index contributed by atoms with van der Waals surface area (Å²) < 4.78 is 41.5. The van der Waals surface area contributed by atoms with E-state index in [2.05, 4.69) is 15.9 Å². The number of aldehydes is 1. The van der Waals surface area contributed by atoms with Gasteiger partial charge in [0.1, 0.15) is 5.82 Å². The lowest BCUT2D eigenvalue weighted by atomic mass is 9.78. The van der Waals surface area contributed by atoms with Crippen molar-refractivity contribution in [1.82, 2.24) is 0 Å². The number of carbonyl (C=O) groups is 1. The molecule has 0 aliphatic heterocycles. The molecule has 18 heavy (non-hydrogen) atoms. The number of halogens is 4. The Morgan fingerprint density at radius 1 is 1.56 bits per heavy atom. The number of hydrogen-bond donors (Lipinski definition) is 0. The Kier molecular flexibility index (Phi) is 3.54. The third-order valence-corrected chi connectivity index (χ3v) is 4.34. The van der Waals surface area contributed by atoms with Crippen molar-refractivity contribution in [2.75, 3.05) is 0 Å². The van der Waals surface area contributed by atoms with E-state index in [0.29, 0.717) is 17.4 Å². The van der Waals surface area contributed by atoms with E-state index >= 15 is 0 Å². The monoisotopic (exact) mass is 320 g/mol. The van der Waals surface area contributed by atoms with Gasteiger partial charge >= 0.3 is 0 Å².